The Morgan fingerprint density at radius 2 is 1.50 bits per heavy atom. The van der Waals surface area contributed by atoms with Gasteiger partial charge < -0.3 is 4.74 Å². The minimum absolute atomic E-state index is 0.0250. The van der Waals surface area contributed by atoms with Gasteiger partial charge in [0.25, 0.3) is 0 Å². The van der Waals surface area contributed by atoms with Crippen LogP contribution < -0.4 is 4.74 Å². The first-order valence-corrected chi connectivity index (χ1v) is 5.34. The van der Waals surface area contributed by atoms with E-state index in [0.29, 0.717) is 5.56 Å². The van der Waals surface area contributed by atoms with Crippen molar-refractivity contribution in [3.63, 3.8) is 0 Å². The van der Waals surface area contributed by atoms with Crippen molar-refractivity contribution in [3.8, 4) is 16.9 Å². The zero-order valence-electron chi connectivity index (χ0n) is 9.93. The largest absolute Gasteiger partial charge is 0.493 e. The van der Waals surface area contributed by atoms with Crippen LogP contribution >= 0.6 is 0 Å². The number of halogens is 3. The molecule has 18 heavy (non-hydrogen) atoms. The van der Waals surface area contributed by atoms with Crippen LogP contribution in [0, 0.1) is 24.4 Å². The SMILES string of the molecule is COc1c(F)c(F)c(F)c(C)c1-c1ccccc1. The van der Waals surface area contributed by atoms with Crippen molar-refractivity contribution in [3.05, 3.63) is 53.3 Å². The van der Waals surface area contributed by atoms with Gasteiger partial charge in [-0.05, 0) is 18.1 Å². The van der Waals surface area contributed by atoms with Gasteiger partial charge in [-0.15, -0.1) is 0 Å². The smallest absolute Gasteiger partial charge is 0.204 e. The molecule has 0 saturated carbocycles. The van der Waals surface area contributed by atoms with Crippen LogP contribution in [0.1, 0.15) is 5.56 Å². The maximum absolute atomic E-state index is 13.6. The molecule has 1 nitrogen and oxygen atoms in total. The molecule has 0 aliphatic rings. The summed E-state index contributed by atoms with van der Waals surface area (Å²) in [5, 5.41) is 0. The molecule has 0 aromatic heterocycles. The Kier molecular flexibility index (Phi) is 3.28. The van der Waals surface area contributed by atoms with Crippen LogP contribution in [0.5, 0.6) is 5.75 Å². The molecule has 0 radical (unpaired) electrons. The van der Waals surface area contributed by atoms with Gasteiger partial charge in [-0.2, -0.15) is 4.39 Å². The number of ether oxygens (including phenoxy) is 1. The fraction of sp³-hybridized carbons (Fsp3) is 0.143. The Balaban J connectivity index is 2.82. The minimum atomic E-state index is -1.51. The van der Waals surface area contributed by atoms with Gasteiger partial charge in [0, 0.05) is 5.56 Å². The van der Waals surface area contributed by atoms with E-state index >= 15 is 0 Å². The fourth-order valence-electron chi connectivity index (χ4n) is 1.89. The van der Waals surface area contributed by atoms with E-state index in [1.165, 1.54) is 14.0 Å². The topological polar surface area (TPSA) is 9.23 Å². The Hall–Kier alpha value is -1.97. The summed E-state index contributed by atoms with van der Waals surface area (Å²) in [6.45, 7) is 1.39. The molecular formula is C14H11F3O. The molecule has 0 atom stereocenters. The summed E-state index contributed by atoms with van der Waals surface area (Å²) in [7, 11) is 1.22. The lowest BCUT2D eigenvalue weighted by molar-refractivity contribution is 0.361. The molecule has 0 aliphatic heterocycles. The van der Waals surface area contributed by atoms with Crippen LogP contribution in [0.4, 0.5) is 13.2 Å². The zero-order valence-corrected chi connectivity index (χ0v) is 9.93. The first kappa shape index (κ1) is 12.5. The Bertz CT molecular complexity index is 580. The molecule has 2 rings (SSSR count). The Morgan fingerprint density at radius 3 is 2.06 bits per heavy atom. The molecule has 0 amide bonds. The summed E-state index contributed by atoms with van der Waals surface area (Å²) >= 11 is 0. The van der Waals surface area contributed by atoms with Crippen LogP contribution in [-0.2, 0) is 0 Å². The molecule has 4 heteroatoms. The average molecular weight is 252 g/mol. The lowest BCUT2D eigenvalue weighted by atomic mass is 9.98. The molecule has 0 unspecified atom stereocenters. The maximum atomic E-state index is 13.6. The van der Waals surface area contributed by atoms with Crippen molar-refractivity contribution in [2.75, 3.05) is 7.11 Å². The molecule has 0 N–H and O–H groups in total. The van der Waals surface area contributed by atoms with Crippen LogP contribution in [-0.4, -0.2) is 7.11 Å². The maximum Gasteiger partial charge on any atom is 0.204 e. The van der Waals surface area contributed by atoms with Crippen LogP contribution in [0.15, 0.2) is 30.3 Å². The number of methoxy groups -OCH3 is 1. The first-order valence-electron chi connectivity index (χ1n) is 5.34. The highest BCUT2D eigenvalue weighted by atomic mass is 19.2. The summed E-state index contributed by atoms with van der Waals surface area (Å²) in [5.74, 6) is -4.28. The van der Waals surface area contributed by atoms with Gasteiger partial charge in [0.05, 0.1) is 7.11 Å². The van der Waals surface area contributed by atoms with Gasteiger partial charge in [0.1, 0.15) is 0 Å². The summed E-state index contributed by atoms with van der Waals surface area (Å²) in [4.78, 5) is 0. The molecule has 0 heterocycles. The number of benzene rings is 2. The second-order valence-corrected chi connectivity index (χ2v) is 3.84. The lowest BCUT2D eigenvalue weighted by Crippen LogP contribution is -2.02. The molecule has 0 spiro atoms. The summed E-state index contributed by atoms with van der Waals surface area (Å²) in [6.07, 6.45) is 0. The second kappa shape index (κ2) is 4.72. The fourth-order valence-corrected chi connectivity index (χ4v) is 1.89. The first-order chi connectivity index (χ1) is 8.57. The van der Waals surface area contributed by atoms with E-state index < -0.39 is 17.5 Å². The van der Waals surface area contributed by atoms with Crippen LogP contribution in [0.2, 0.25) is 0 Å². The van der Waals surface area contributed by atoms with Gasteiger partial charge in [0.15, 0.2) is 17.4 Å². The number of hydrogen-bond acceptors (Lipinski definition) is 1. The Labute approximate surface area is 103 Å². The molecule has 2 aromatic rings. The Morgan fingerprint density at radius 1 is 0.889 bits per heavy atom. The van der Waals surface area contributed by atoms with E-state index in [9.17, 15) is 13.2 Å². The van der Waals surface area contributed by atoms with E-state index in [4.69, 9.17) is 4.74 Å². The van der Waals surface area contributed by atoms with E-state index in [2.05, 4.69) is 0 Å². The third-order valence-corrected chi connectivity index (χ3v) is 2.78. The normalized spacial score (nSPS) is 10.5. The van der Waals surface area contributed by atoms with Crippen molar-refractivity contribution in [2.45, 2.75) is 6.92 Å². The van der Waals surface area contributed by atoms with Gasteiger partial charge in [-0.1, -0.05) is 30.3 Å². The van der Waals surface area contributed by atoms with Crippen molar-refractivity contribution in [1.29, 1.82) is 0 Å². The van der Waals surface area contributed by atoms with Crippen molar-refractivity contribution < 1.29 is 17.9 Å². The van der Waals surface area contributed by atoms with Gasteiger partial charge in [-0.3, -0.25) is 0 Å². The standard InChI is InChI=1S/C14H11F3O/c1-8-10(9-6-4-3-5-7-9)14(18-2)13(17)12(16)11(8)15/h3-7H,1-2H3. The van der Waals surface area contributed by atoms with Crippen LogP contribution in [0.3, 0.4) is 0 Å². The molecule has 0 fully saturated rings. The molecule has 0 aliphatic carbocycles. The zero-order chi connectivity index (χ0) is 13.3. The van der Waals surface area contributed by atoms with E-state index in [0.717, 1.165) is 0 Å². The lowest BCUT2D eigenvalue weighted by Gasteiger charge is -2.14. The highest BCUT2D eigenvalue weighted by molar-refractivity contribution is 5.74. The summed E-state index contributed by atoms with van der Waals surface area (Å²) in [6, 6.07) is 8.60. The quantitative estimate of drug-likeness (QED) is 0.731. The van der Waals surface area contributed by atoms with Gasteiger partial charge >= 0.3 is 0 Å². The molecule has 94 valence electrons. The average Bonchev–Trinajstić information content (AvgIpc) is 2.41. The number of hydrogen-bond donors (Lipinski definition) is 0. The van der Waals surface area contributed by atoms with Crippen molar-refractivity contribution in [2.24, 2.45) is 0 Å². The molecule has 0 saturated heterocycles. The third-order valence-electron chi connectivity index (χ3n) is 2.78. The second-order valence-electron chi connectivity index (χ2n) is 3.84. The predicted molar refractivity (Wildman–Crippen MR) is 63.0 cm³/mol. The number of rotatable bonds is 2. The van der Waals surface area contributed by atoms with Crippen molar-refractivity contribution in [1.82, 2.24) is 0 Å². The van der Waals surface area contributed by atoms with Gasteiger partial charge in [-0.25, -0.2) is 8.78 Å². The highest BCUT2D eigenvalue weighted by Gasteiger charge is 2.24. The summed E-state index contributed by atoms with van der Waals surface area (Å²) < 4.78 is 45.4. The predicted octanol–water partition coefficient (Wildman–Crippen LogP) is 4.09. The molecular weight excluding hydrogens is 241 g/mol. The van der Waals surface area contributed by atoms with Gasteiger partial charge in [0.2, 0.25) is 5.82 Å². The molecule has 0 bridgehead atoms. The van der Waals surface area contributed by atoms with Crippen molar-refractivity contribution >= 4 is 0 Å². The monoisotopic (exact) mass is 252 g/mol. The summed E-state index contributed by atoms with van der Waals surface area (Å²) in [5.41, 5.74) is 0.830. The van der Waals surface area contributed by atoms with E-state index in [1.807, 2.05) is 0 Å². The minimum Gasteiger partial charge on any atom is -0.493 e. The van der Waals surface area contributed by atoms with E-state index in [-0.39, 0.29) is 16.9 Å². The highest BCUT2D eigenvalue weighted by Crippen LogP contribution is 2.38. The van der Waals surface area contributed by atoms with Crippen LogP contribution in [0.25, 0.3) is 11.1 Å². The molecule has 2 aromatic carbocycles. The van der Waals surface area contributed by atoms with E-state index in [1.54, 1.807) is 30.3 Å². The third kappa shape index (κ3) is 1.83.